The van der Waals surface area contributed by atoms with Crippen molar-refractivity contribution in [2.24, 2.45) is 5.73 Å². The standard InChI is InChI=1S/C29H23BrN2O6/c1-17-23(26(33)36-15-18-8-4-2-5-9-18)29(28(35)38-17)21-14-20(30)12-13-22(21)32-25(31)24(29)27(34)37-16-19-10-6-3-7-11-19/h2-14,32H,15-16,31H2,1H3. The van der Waals surface area contributed by atoms with Gasteiger partial charge in [0, 0.05) is 15.7 Å². The van der Waals surface area contributed by atoms with Crippen LogP contribution in [0.15, 0.2) is 106 Å². The van der Waals surface area contributed by atoms with Gasteiger partial charge in [0.15, 0.2) is 5.41 Å². The Morgan fingerprint density at radius 1 is 0.895 bits per heavy atom. The summed E-state index contributed by atoms with van der Waals surface area (Å²) in [4.78, 5) is 41.0. The molecule has 0 fully saturated rings. The predicted octanol–water partition coefficient (Wildman–Crippen LogP) is 4.60. The fourth-order valence-electron chi connectivity index (χ4n) is 4.73. The van der Waals surface area contributed by atoms with Crippen LogP contribution in [0.25, 0.3) is 0 Å². The number of carbonyl (C=O) groups is 3. The lowest BCUT2D eigenvalue weighted by molar-refractivity contribution is -0.148. The number of carbonyl (C=O) groups excluding carboxylic acids is 3. The highest BCUT2D eigenvalue weighted by Gasteiger charge is 2.63. The topological polar surface area (TPSA) is 117 Å². The van der Waals surface area contributed by atoms with Gasteiger partial charge in [-0.1, -0.05) is 76.6 Å². The van der Waals surface area contributed by atoms with Gasteiger partial charge in [-0.2, -0.15) is 0 Å². The minimum absolute atomic E-state index is 0.0158. The van der Waals surface area contributed by atoms with Crippen LogP contribution in [0, 0.1) is 0 Å². The molecule has 38 heavy (non-hydrogen) atoms. The molecule has 9 heteroatoms. The summed E-state index contributed by atoms with van der Waals surface area (Å²) in [6, 6.07) is 23.3. The van der Waals surface area contributed by atoms with E-state index in [9.17, 15) is 14.4 Å². The first-order valence-corrected chi connectivity index (χ1v) is 12.5. The van der Waals surface area contributed by atoms with Crippen LogP contribution in [0.2, 0.25) is 0 Å². The largest absolute Gasteiger partial charge is 0.457 e. The summed E-state index contributed by atoms with van der Waals surface area (Å²) in [5.41, 5.74) is 6.23. The molecule has 0 saturated carbocycles. The molecule has 0 radical (unpaired) electrons. The number of nitrogens with one attached hydrogen (secondary N) is 1. The van der Waals surface area contributed by atoms with Crippen LogP contribution in [0.4, 0.5) is 5.69 Å². The van der Waals surface area contributed by atoms with Crippen LogP contribution in [0.5, 0.6) is 0 Å². The van der Waals surface area contributed by atoms with E-state index in [4.69, 9.17) is 19.9 Å². The number of fused-ring (bicyclic) bond motifs is 2. The minimum Gasteiger partial charge on any atom is -0.457 e. The average Bonchev–Trinajstić information content (AvgIpc) is 3.17. The van der Waals surface area contributed by atoms with E-state index in [0.29, 0.717) is 15.7 Å². The van der Waals surface area contributed by atoms with Crippen molar-refractivity contribution in [1.29, 1.82) is 0 Å². The van der Waals surface area contributed by atoms with E-state index in [-0.39, 0.29) is 35.9 Å². The summed E-state index contributed by atoms with van der Waals surface area (Å²) in [7, 11) is 0. The quantitative estimate of drug-likeness (QED) is 0.324. The van der Waals surface area contributed by atoms with Crippen LogP contribution in [-0.4, -0.2) is 17.9 Å². The van der Waals surface area contributed by atoms with Crippen molar-refractivity contribution in [1.82, 2.24) is 0 Å². The molecule has 2 aliphatic rings. The summed E-state index contributed by atoms with van der Waals surface area (Å²) < 4.78 is 17.4. The Hall–Kier alpha value is -4.37. The maximum absolute atomic E-state index is 13.7. The smallest absolute Gasteiger partial charge is 0.339 e. The Morgan fingerprint density at radius 2 is 1.45 bits per heavy atom. The molecule has 2 heterocycles. The number of allylic oxidation sites excluding steroid dienone is 1. The fraction of sp³-hybridized carbons (Fsp3) is 0.138. The van der Waals surface area contributed by atoms with Crippen molar-refractivity contribution in [3.63, 3.8) is 0 Å². The Morgan fingerprint density at radius 3 is 2.03 bits per heavy atom. The highest BCUT2D eigenvalue weighted by atomic mass is 79.9. The normalized spacial score (nSPS) is 18.1. The molecule has 3 aromatic carbocycles. The molecule has 0 saturated heterocycles. The maximum atomic E-state index is 13.7. The van der Waals surface area contributed by atoms with Crippen LogP contribution >= 0.6 is 15.9 Å². The van der Waals surface area contributed by atoms with E-state index in [1.807, 2.05) is 48.5 Å². The molecule has 3 N–H and O–H groups in total. The van der Waals surface area contributed by atoms with Crippen molar-refractivity contribution in [2.75, 3.05) is 5.32 Å². The summed E-state index contributed by atoms with van der Waals surface area (Å²) in [5, 5.41) is 2.97. The zero-order valence-electron chi connectivity index (χ0n) is 20.3. The van der Waals surface area contributed by atoms with E-state index >= 15 is 0 Å². The molecule has 1 atom stereocenters. The fourth-order valence-corrected chi connectivity index (χ4v) is 5.10. The van der Waals surface area contributed by atoms with Crippen LogP contribution in [-0.2, 0) is 47.2 Å². The SMILES string of the molecule is CC1=C(C(=O)OCc2ccccc2)C2(C(=O)O1)C(C(=O)OCc1ccccc1)=C(N)Nc1ccc(Br)cc12. The second kappa shape index (κ2) is 10.2. The highest BCUT2D eigenvalue weighted by Crippen LogP contribution is 2.53. The average molecular weight is 575 g/mol. The molecule has 1 unspecified atom stereocenters. The summed E-state index contributed by atoms with van der Waals surface area (Å²) in [5.74, 6) is -2.65. The van der Waals surface area contributed by atoms with E-state index in [2.05, 4.69) is 21.2 Å². The van der Waals surface area contributed by atoms with Crippen molar-refractivity contribution in [3.8, 4) is 0 Å². The monoisotopic (exact) mass is 574 g/mol. The van der Waals surface area contributed by atoms with Gasteiger partial charge >= 0.3 is 17.9 Å². The van der Waals surface area contributed by atoms with Crippen LogP contribution in [0.1, 0.15) is 23.6 Å². The Bertz CT molecular complexity index is 1500. The zero-order valence-corrected chi connectivity index (χ0v) is 21.9. The zero-order chi connectivity index (χ0) is 26.9. The van der Waals surface area contributed by atoms with Crippen LogP contribution in [0.3, 0.4) is 0 Å². The Labute approximate surface area is 227 Å². The van der Waals surface area contributed by atoms with E-state index < -0.39 is 23.3 Å². The lowest BCUT2D eigenvalue weighted by Crippen LogP contribution is -2.47. The van der Waals surface area contributed by atoms with Gasteiger partial charge in [0.05, 0.1) is 0 Å². The van der Waals surface area contributed by atoms with Crippen molar-refractivity contribution in [3.05, 3.63) is 123 Å². The molecule has 0 aliphatic carbocycles. The first kappa shape index (κ1) is 25.3. The van der Waals surface area contributed by atoms with Gasteiger partial charge in [0.2, 0.25) is 0 Å². The first-order valence-electron chi connectivity index (χ1n) is 11.8. The van der Waals surface area contributed by atoms with Crippen LogP contribution < -0.4 is 11.1 Å². The number of hydrogen-bond donors (Lipinski definition) is 2. The maximum Gasteiger partial charge on any atom is 0.339 e. The van der Waals surface area contributed by atoms with E-state index in [1.165, 1.54) is 6.92 Å². The number of halogens is 1. The molecule has 0 bridgehead atoms. The lowest BCUT2D eigenvalue weighted by atomic mass is 9.67. The molecule has 5 rings (SSSR count). The molecular formula is C29H23BrN2O6. The predicted molar refractivity (Wildman–Crippen MR) is 142 cm³/mol. The number of esters is 3. The van der Waals surface area contributed by atoms with Crippen molar-refractivity contribution in [2.45, 2.75) is 25.6 Å². The first-order chi connectivity index (χ1) is 18.3. The Kier molecular flexibility index (Phi) is 6.77. The van der Waals surface area contributed by atoms with Gasteiger partial charge in [-0.25, -0.2) is 14.4 Å². The van der Waals surface area contributed by atoms with Crippen molar-refractivity contribution >= 4 is 39.5 Å². The molecule has 2 aliphatic heterocycles. The minimum atomic E-state index is -2.00. The number of cyclic esters (lactones) is 1. The molecule has 0 amide bonds. The molecule has 8 nitrogen and oxygen atoms in total. The molecule has 192 valence electrons. The highest BCUT2D eigenvalue weighted by molar-refractivity contribution is 9.10. The van der Waals surface area contributed by atoms with Gasteiger partial charge in [0.25, 0.3) is 0 Å². The molecule has 0 aromatic heterocycles. The van der Waals surface area contributed by atoms with Gasteiger partial charge in [0.1, 0.15) is 35.9 Å². The van der Waals surface area contributed by atoms with Gasteiger partial charge in [-0.3, -0.25) is 0 Å². The second-order valence-electron chi connectivity index (χ2n) is 8.80. The Balaban J connectivity index is 1.60. The van der Waals surface area contributed by atoms with Crippen molar-refractivity contribution < 1.29 is 28.6 Å². The molecular weight excluding hydrogens is 552 g/mol. The van der Waals surface area contributed by atoms with E-state index in [0.717, 1.165) is 11.1 Å². The third-order valence-electron chi connectivity index (χ3n) is 6.41. The molecule has 1 spiro atoms. The summed E-state index contributed by atoms with van der Waals surface area (Å²) >= 11 is 3.43. The summed E-state index contributed by atoms with van der Waals surface area (Å²) in [6.45, 7) is 1.37. The number of nitrogens with two attached hydrogens (primary N) is 1. The third-order valence-corrected chi connectivity index (χ3v) is 6.91. The van der Waals surface area contributed by atoms with Gasteiger partial charge in [-0.05, 0) is 36.2 Å². The number of rotatable bonds is 6. The summed E-state index contributed by atoms with van der Waals surface area (Å²) in [6.07, 6.45) is 0. The number of anilines is 1. The van der Waals surface area contributed by atoms with E-state index in [1.54, 1.807) is 30.3 Å². The lowest BCUT2D eigenvalue weighted by Gasteiger charge is -2.36. The third kappa shape index (κ3) is 4.35. The number of hydrogen-bond acceptors (Lipinski definition) is 8. The number of ether oxygens (including phenoxy) is 3. The molecule has 3 aromatic rings. The number of benzene rings is 3. The van der Waals surface area contributed by atoms with Gasteiger partial charge < -0.3 is 25.3 Å². The van der Waals surface area contributed by atoms with Gasteiger partial charge in [-0.15, -0.1) is 0 Å². The second-order valence-corrected chi connectivity index (χ2v) is 9.71.